The van der Waals surface area contributed by atoms with Crippen molar-refractivity contribution in [1.82, 2.24) is 9.97 Å². The Morgan fingerprint density at radius 1 is 0.974 bits per heavy atom. The molecule has 0 saturated carbocycles. The molecule has 1 aliphatic rings. The summed E-state index contributed by atoms with van der Waals surface area (Å²) in [4.78, 5) is 21.7. The fourth-order valence-electron chi connectivity index (χ4n) is 4.33. The van der Waals surface area contributed by atoms with Crippen molar-refractivity contribution in [3.8, 4) is 0 Å². The standard InChI is InChI=1S/C29H29N3O5S/c33-12-13-38-18-23-15-27(20-10-8-19(17-34)9-11-20)37-29(36-23)21-4-3-5-22(14-21)31-28(35)26-16-30-24-6-1-2-7-25(24)32-26/h1-11,14,16,23,27,29,33-34H,12-13,15,17-18H2,(H,31,35). The van der Waals surface area contributed by atoms with Gasteiger partial charge in [-0.2, -0.15) is 11.8 Å². The van der Waals surface area contributed by atoms with Gasteiger partial charge in [0.25, 0.3) is 5.91 Å². The molecular weight excluding hydrogens is 502 g/mol. The zero-order valence-corrected chi connectivity index (χ0v) is 21.5. The number of thioether (sulfide) groups is 1. The van der Waals surface area contributed by atoms with E-state index < -0.39 is 6.29 Å². The second-order valence-corrected chi connectivity index (χ2v) is 10.1. The SMILES string of the molecule is O=C(Nc1cccc(C2OC(CSCCO)CC(c3ccc(CO)cc3)O2)c1)c1cnc2ccccc2n1. The van der Waals surface area contributed by atoms with Crippen LogP contribution < -0.4 is 5.32 Å². The van der Waals surface area contributed by atoms with Gasteiger partial charge in [0.05, 0.1) is 42.7 Å². The van der Waals surface area contributed by atoms with Crippen LogP contribution in [0.4, 0.5) is 5.69 Å². The Hall–Kier alpha value is -3.34. The van der Waals surface area contributed by atoms with Crippen LogP contribution in [0.3, 0.4) is 0 Å². The van der Waals surface area contributed by atoms with E-state index in [0.29, 0.717) is 23.4 Å². The normalized spacial score (nSPS) is 19.4. The Balaban J connectivity index is 1.33. The number of benzene rings is 3. The lowest BCUT2D eigenvalue weighted by Gasteiger charge is -2.36. The highest BCUT2D eigenvalue weighted by Crippen LogP contribution is 2.39. The number of aromatic nitrogens is 2. The number of carbonyl (C=O) groups is 1. The third kappa shape index (κ3) is 6.38. The van der Waals surface area contributed by atoms with Crippen LogP contribution in [0.25, 0.3) is 11.0 Å². The second-order valence-electron chi connectivity index (χ2n) is 8.97. The molecule has 1 fully saturated rings. The predicted octanol–water partition coefficient (Wildman–Crippen LogP) is 4.65. The molecule has 0 spiro atoms. The number of amides is 1. The quantitative estimate of drug-likeness (QED) is 0.268. The maximum Gasteiger partial charge on any atom is 0.275 e. The molecule has 8 nitrogen and oxygen atoms in total. The average molecular weight is 532 g/mol. The Kier molecular flexibility index (Phi) is 8.62. The van der Waals surface area contributed by atoms with Gasteiger partial charge in [0.15, 0.2) is 6.29 Å². The van der Waals surface area contributed by atoms with E-state index in [1.165, 1.54) is 6.20 Å². The number of nitrogens with one attached hydrogen (secondary N) is 1. The van der Waals surface area contributed by atoms with Crippen LogP contribution in [0.5, 0.6) is 0 Å². The number of aliphatic hydroxyl groups excluding tert-OH is 2. The van der Waals surface area contributed by atoms with Crippen LogP contribution in [-0.2, 0) is 16.1 Å². The minimum absolute atomic E-state index is 0.0126. The van der Waals surface area contributed by atoms with E-state index in [4.69, 9.17) is 9.47 Å². The summed E-state index contributed by atoms with van der Waals surface area (Å²) in [5.74, 6) is 1.01. The van der Waals surface area contributed by atoms with Gasteiger partial charge in [0, 0.05) is 29.2 Å². The summed E-state index contributed by atoms with van der Waals surface area (Å²) in [6.45, 7) is 0.105. The van der Waals surface area contributed by atoms with Crippen LogP contribution in [0, 0.1) is 0 Å². The number of fused-ring (bicyclic) bond motifs is 1. The number of hydrogen-bond acceptors (Lipinski definition) is 8. The van der Waals surface area contributed by atoms with Crippen molar-refractivity contribution >= 4 is 34.4 Å². The minimum Gasteiger partial charge on any atom is -0.396 e. The third-order valence-corrected chi connectivity index (χ3v) is 7.33. The summed E-state index contributed by atoms with van der Waals surface area (Å²) in [5.41, 5.74) is 4.83. The highest BCUT2D eigenvalue weighted by molar-refractivity contribution is 7.99. The molecule has 0 radical (unpaired) electrons. The van der Waals surface area contributed by atoms with Gasteiger partial charge in [-0.25, -0.2) is 4.98 Å². The fraction of sp³-hybridized carbons (Fsp3) is 0.276. The van der Waals surface area contributed by atoms with Crippen molar-refractivity contribution in [2.45, 2.75) is 31.5 Å². The van der Waals surface area contributed by atoms with E-state index in [-0.39, 0.29) is 37.0 Å². The van der Waals surface area contributed by atoms with Crippen molar-refractivity contribution in [3.05, 3.63) is 101 Å². The molecule has 3 atom stereocenters. The van der Waals surface area contributed by atoms with Crippen molar-refractivity contribution < 1.29 is 24.5 Å². The molecule has 2 heterocycles. The molecule has 3 aromatic carbocycles. The Morgan fingerprint density at radius 3 is 2.58 bits per heavy atom. The highest BCUT2D eigenvalue weighted by Gasteiger charge is 2.32. The summed E-state index contributed by atoms with van der Waals surface area (Å²) in [6, 6.07) is 22.5. The summed E-state index contributed by atoms with van der Waals surface area (Å²) >= 11 is 1.64. The van der Waals surface area contributed by atoms with Gasteiger partial charge < -0.3 is 25.0 Å². The molecule has 0 bridgehead atoms. The van der Waals surface area contributed by atoms with Gasteiger partial charge in [-0.3, -0.25) is 9.78 Å². The maximum absolute atomic E-state index is 12.9. The van der Waals surface area contributed by atoms with E-state index in [2.05, 4.69) is 15.3 Å². The number of ether oxygens (including phenoxy) is 2. The van der Waals surface area contributed by atoms with E-state index in [9.17, 15) is 15.0 Å². The van der Waals surface area contributed by atoms with Gasteiger partial charge in [-0.05, 0) is 35.4 Å². The van der Waals surface area contributed by atoms with Gasteiger partial charge in [0.2, 0.25) is 0 Å². The Morgan fingerprint density at radius 2 is 1.79 bits per heavy atom. The minimum atomic E-state index is -0.636. The first-order chi connectivity index (χ1) is 18.6. The number of nitrogens with zero attached hydrogens (tertiary/aromatic N) is 2. The van der Waals surface area contributed by atoms with Crippen molar-refractivity contribution in [2.75, 3.05) is 23.4 Å². The van der Waals surface area contributed by atoms with E-state index in [0.717, 1.165) is 28.0 Å². The maximum atomic E-state index is 12.9. The molecular formula is C29H29N3O5S. The van der Waals surface area contributed by atoms with Gasteiger partial charge in [-0.1, -0.05) is 48.5 Å². The van der Waals surface area contributed by atoms with Crippen molar-refractivity contribution in [3.63, 3.8) is 0 Å². The number of anilines is 1. The first-order valence-corrected chi connectivity index (χ1v) is 13.6. The van der Waals surface area contributed by atoms with Crippen LogP contribution in [0.15, 0.2) is 79.0 Å². The van der Waals surface area contributed by atoms with Crippen LogP contribution in [0.1, 0.15) is 46.0 Å². The zero-order chi connectivity index (χ0) is 26.3. The molecule has 1 aromatic heterocycles. The molecule has 1 amide bonds. The monoisotopic (exact) mass is 531 g/mol. The van der Waals surface area contributed by atoms with Gasteiger partial charge in [0.1, 0.15) is 5.69 Å². The second kappa shape index (κ2) is 12.5. The molecule has 3 unspecified atom stereocenters. The molecule has 4 aromatic rings. The smallest absolute Gasteiger partial charge is 0.275 e. The molecule has 196 valence electrons. The van der Waals surface area contributed by atoms with Crippen LogP contribution in [0.2, 0.25) is 0 Å². The lowest BCUT2D eigenvalue weighted by Crippen LogP contribution is -2.31. The highest BCUT2D eigenvalue weighted by atomic mass is 32.2. The fourth-order valence-corrected chi connectivity index (χ4v) is 5.10. The summed E-state index contributed by atoms with van der Waals surface area (Å²) in [7, 11) is 0. The van der Waals surface area contributed by atoms with Crippen molar-refractivity contribution in [2.24, 2.45) is 0 Å². The molecule has 5 rings (SSSR count). The average Bonchev–Trinajstić information content (AvgIpc) is 2.97. The summed E-state index contributed by atoms with van der Waals surface area (Å²) < 4.78 is 12.7. The molecule has 0 aliphatic carbocycles. The third-order valence-electron chi connectivity index (χ3n) is 6.25. The number of hydrogen-bond donors (Lipinski definition) is 3. The molecule has 1 aliphatic heterocycles. The number of rotatable bonds is 9. The molecule has 9 heteroatoms. The Bertz CT molecular complexity index is 1380. The first-order valence-electron chi connectivity index (χ1n) is 12.5. The summed E-state index contributed by atoms with van der Waals surface area (Å²) in [6.07, 6.45) is 1.22. The lowest BCUT2D eigenvalue weighted by molar-refractivity contribution is -0.245. The summed E-state index contributed by atoms with van der Waals surface area (Å²) in [5, 5.41) is 21.5. The lowest BCUT2D eigenvalue weighted by atomic mass is 10.0. The molecule has 38 heavy (non-hydrogen) atoms. The van der Waals surface area contributed by atoms with Crippen LogP contribution >= 0.6 is 11.8 Å². The number of aliphatic hydroxyl groups is 2. The topological polar surface area (TPSA) is 114 Å². The predicted molar refractivity (Wildman–Crippen MR) is 147 cm³/mol. The number of carbonyl (C=O) groups excluding carboxylic acids is 1. The van der Waals surface area contributed by atoms with Crippen molar-refractivity contribution in [1.29, 1.82) is 0 Å². The van der Waals surface area contributed by atoms with E-state index in [1.807, 2.05) is 66.7 Å². The van der Waals surface area contributed by atoms with Gasteiger partial charge in [-0.15, -0.1) is 0 Å². The van der Waals surface area contributed by atoms with Gasteiger partial charge >= 0.3 is 0 Å². The van der Waals surface area contributed by atoms with E-state index in [1.54, 1.807) is 17.8 Å². The van der Waals surface area contributed by atoms with E-state index >= 15 is 0 Å². The van der Waals surface area contributed by atoms with Crippen LogP contribution in [-0.4, -0.2) is 50.3 Å². The largest absolute Gasteiger partial charge is 0.396 e. The zero-order valence-electron chi connectivity index (χ0n) is 20.7. The molecule has 3 N–H and O–H groups in total. The Labute approximate surface area is 225 Å². The molecule has 1 saturated heterocycles. The first kappa shape index (κ1) is 26.3. The number of para-hydroxylation sites is 2.